The summed E-state index contributed by atoms with van der Waals surface area (Å²) in [5, 5.41) is 8.31. The smallest absolute Gasteiger partial charge is 0.0622 e. The summed E-state index contributed by atoms with van der Waals surface area (Å²) in [5.41, 5.74) is 0. The van der Waals surface area contributed by atoms with Gasteiger partial charge in [0.25, 0.3) is 0 Å². The zero-order chi connectivity index (χ0) is 8.69. The first kappa shape index (κ1) is 10.4. The molecule has 0 aliphatic rings. The minimum Gasteiger partial charge on any atom is -0.304 e. The first-order valence-electron chi connectivity index (χ1n) is 4.29. The van der Waals surface area contributed by atoms with Gasteiger partial charge in [-0.3, -0.25) is 0 Å². The van der Waals surface area contributed by atoms with E-state index in [1.54, 1.807) is 0 Å². The van der Waals surface area contributed by atoms with E-state index in [1.165, 1.54) is 6.42 Å². The topological polar surface area (TPSA) is 27.0 Å². The van der Waals surface area contributed by atoms with Crippen LogP contribution >= 0.6 is 0 Å². The van der Waals surface area contributed by atoms with E-state index in [9.17, 15) is 0 Å². The van der Waals surface area contributed by atoms with Gasteiger partial charge in [0.1, 0.15) is 0 Å². The van der Waals surface area contributed by atoms with Crippen LogP contribution in [-0.4, -0.2) is 24.5 Å². The molecule has 0 saturated carbocycles. The first-order chi connectivity index (χ1) is 5.22. The summed E-state index contributed by atoms with van der Waals surface area (Å²) in [4.78, 5) is 2.30. The molecule has 2 nitrogen and oxygen atoms in total. The molecule has 0 aromatic heterocycles. The largest absolute Gasteiger partial charge is 0.304 e. The molecule has 2 heteroatoms. The Labute approximate surface area is 69.8 Å². The van der Waals surface area contributed by atoms with Crippen molar-refractivity contribution in [2.75, 3.05) is 13.6 Å². The highest BCUT2D eigenvalue weighted by Gasteiger charge is 2.04. The lowest BCUT2D eigenvalue weighted by Gasteiger charge is -2.22. The van der Waals surface area contributed by atoms with Crippen LogP contribution in [0.5, 0.6) is 0 Å². The van der Waals surface area contributed by atoms with Gasteiger partial charge in [0.05, 0.1) is 6.07 Å². The van der Waals surface area contributed by atoms with Crippen LogP contribution in [0.3, 0.4) is 0 Å². The third-order valence-electron chi connectivity index (χ3n) is 2.14. The summed E-state index contributed by atoms with van der Waals surface area (Å²) in [6, 6.07) is 2.80. The molecule has 0 aliphatic carbocycles. The van der Waals surface area contributed by atoms with Crippen molar-refractivity contribution in [3.05, 3.63) is 0 Å². The Morgan fingerprint density at radius 1 is 1.55 bits per heavy atom. The molecule has 1 unspecified atom stereocenters. The van der Waals surface area contributed by atoms with Crippen molar-refractivity contribution in [1.82, 2.24) is 4.90 Å². The molecule has 64 valence electrons. The quantitative estimate of drug-likeness (QED) is 0.566. The minimum absolute atomic E-state index is 0.647. The van der Waals surface area contributed by atoms with Crippen LogP contribution in [0.25, 0.3) is 0 Å². The average Bonchev–Trinajstić information content (AvgIpc) is 2.03. The normalized spacial score (nSPS) is 13.0. The molecule has 0 amide bonds. The summed E-state index contributed by atoms with van der Waals surface area (Å²) in [7, 11) is 2.12. The van der Waals surface area contributed by atoms with Gasteiger partial charge in [-0.2, -0.15) is 5.26 Å². The van der Waals surface area contributed by atoms with E-state index in [0.717, 1.165) is 13.0 Å². The Balaban J connectivity index is 3.37. The maximum Gasteiger partial charge on any atom is 0.0622 e. The second kappa shape index (κ2) is 6.18. The molecule has 0 N–H and O–H groups in total. The van der Waals surface area contributed by atoms with E-state index in [0.29, 0.717) is 12.5 Å². The second-order valence-electron chi connectivity index (χ2n) is 3.00. The van der Waals surface area contributed by atoms with Gasteiger partial charge >= 0.3 is 0 Å². The lowest BCUT2D eigenvalue weighted by Crippen LogP contribution is -2.29. The zero-order valence-electron chi connectivity index (χ0n) is 7.80. The fraction of sp³-hybridized carbons (Fsp3) is 0.889. The summed E-state index contributed by atoms with van der Waals surface area (Å²) >= 11 is 0. The van der Waals surface area contributed by atoms with Crippen LogP contribution in [0.2, 0.25) is 0 Å². The maximum atomic E-state index is 8.31. The van der Waals surface area contributed by atoms with E-state index in [1.807, 2.05) is 0 Å². The standard InChI is InChI=1S/C9H18N2/c1-4-9(2)11(3)8-6-5-7-10/h9H,4-6,8H2,1-3H3. The molecule has 0 bridgehead atoms. The number of rotatable bonds is 5. The molecule has 0 radical (unpaired) electrons. The van der Waals surface area contributed by atoms with Crippen molar-refractivity contribution < 1.29 is 0 Å². The van der Waals surface area contributed by atoms with Crippen molar-refractivity contribution in [3.8, 4) is 6.07 Å². The molecule has 11 heavy (non-hydrogen) atoms. The monoisotopic (exact) mass is 154 g/mol. The lowest BCUT2D eigenvalue weighted by molar-refractivity contribution is 0.250. The van der Waals surface area contributed by atoms with Crippen LogP contribution in [0.4, 0.5) is 0 Å². The van der Waals surface area contributed by atoms with Crippen LogP contribution < -0.4 is 0 Å². The fourth-order valence-electron chi connectivity index (χ4n) is 0.940. The number of hydrogen-bond donors (Lipinski definition) is 0. The van der Waals surface area contributed by atoms with Crippen LogP contribution in [0.1, 0.15) is 33.1 Å². The molecule has 1 atom stereocenters. The fourth-order valence-corrected chi connectivity index (χ4v) is 0.940. The molecule has 0 fully saturated rings. The predicted molar refractivity (Wildman–Crippen MR) is 47.2 cm³/mol. The molecular weight excluding hydrogens is 136 g/mol. The van der Waals surface area contributed by atoms with E-state index in [-0.39, 0.29) is 0 Å². The highest BCUT2D eigenvalue weighted by molar-refractivity contribution is 4.70. The number of unbranched alkanes of at least 4 members (excludes halogenated alkanes) is 1. The van der Waals surface area contributed by atoms with Gasteiger partial charge in [0, 0.05) is 12.5 Å². The molecule has 0 heterocycles. The van der Waals surface area contributed by atoms with E-state index >= 15 is 0 Å². The van der Waals surface area contributed by atoms with Gasteiger partial charge < -0.3 is 4.90 Å². The average molecular weight is 154 g/mol. The highest BCUT2D eigenvalue weighted by atomic mass is 15.1. The molecule has 0 aromatic carbocycles. The van der Waals surface area contributed by atoms with Crippen LogP contribution in [-0.2, 0) is 0 Å². The lowest BCUT2D eigenvalue weighted by atomic mass is 10.2. The van der Waals surface area contributed by atoms with E-state index in [2.05, 4.69) is 31.9 Å². The highest BCUT2D eigenvalue weighted by Crippen LogP contribution is 2.01. The Kier molecular flexibility index (Phi) is 5.87. The van der Waals surface area contributed by atoms with Crippen molar-refractivity contribution in [1.29, 1.82) is 5.26 Å². The third kappa shape index (κ3) is 4.80. The van der Waals surface area contributed by atoms with Crippen molar-refractivity contribution in [2.45, 2.75) is 39.2 Å². The number of nitrogens with zero attached hydrogens (tertiary/aromatic N) is 2. The zero-order valence-corrected chi connectivity index (χ0v) is 7.80. The molecule has 0 aromatic rings. The molecule has 0 rings (SSSR count). The minimum atomic E-state index is 0.647. The van der Waals surface area contributed by atoms with Crippen LogP contribution in [0, 0.1) is 11.3 Å². The Morgan fingerprint density at radius 3 is 2.64 bits per heavy atom. The Bertz CT molecular complexity index is 126. The van der Waals surface area contributed by atoms with Gasteiger partial charge in [0.2, 0.25) is 0 Å². The summed E-state index contributed by atoms with van der Waals surface area (Å²) in [6.45, 7) is 5.44. The summed E-state index contributed by atoms with van der Waals surface area (Å²) in [5.74, 6) is 0. The molecular formula is C9H18N2. The van der Waals surface area contributed by atoms with Gasteiger partial charge in [-0.05, 0) is 33.4 Å². The number of hydrogen-bond acceptors (Lipinski definition) is 2. The van der Waals surface area contributed by atoms with Gasteiger partial charge in [-0.1, -0.05) is 6.92 Å². The van der Waals surface area contributed by atoms with Crippen molar-refractivity contribution in [3.63, 3.8) is 0 Å². The SMILES string of the molecule is CCC(C)N(C)CCCC#N. The number of nitriles is 1. The predicted octanol–water partition coefficient (Wildman–Crippen LogP) is 2.02. The van der Waals surface area contributed by atoms with Gasteiger partial charge in [-0.25, -0.2) is 0 Å². The third-order valence-corrected chi connectivity index (χ3v) is 2.14. The molecule has 0 aliphatic heterocycles. The summed E-state index contributed by atoms with van der Waals surface area (Å²) in [6.07, 6.45) is 2.86. The second-order valence-corrected chi connectivity index (χ2v) is 3.00. The van der Waals surface area contributed by atoms with Crippen molar-refractivity contribution in [2.24, 2.45) is 0 Å². The summed E-state index contributed by atoms with van der Waals surface area (Å²) < 4.78 is 0. The van der Waals surface area contributed by atoms with Gasteiger partial charge in [-0.15, -0.1) is 0 Å². The Morgan fingerprint density at radius 2 is 2.18 bits per heavy atom. The van der Waals surface area contributed by atoms with Crippen LogP contribution in [0.15, 0.2) is 0 Å². The Hall–Kier alpha value is -0.550. The van der Waals surface area contributed by atoms with Gasteiger partial charge in [0.15, 0.2) is 0 Å². The maximum absolute atomic E-state index is 8.31. The van der Waals surface area contributed by atoms with E-state index in [4.69, 9.17) is 5.26 Å². The van der Waals surface area contributed by atoms with Crippen molar-refractivity contribution >= 4 is 0 Å². The van der Waals surface area contributed by atoms with E-state index < -0.39 is 0 Å². The molecule has 0 saturated heterocycles. The first-order valence-corrected chi connectivity index (χ1v) is 4.29. The molecule has 0 spiro atoms.